The second-order valence-corrected chi connectivity index (χ2v) is 8.21. The molecule has 2 saturated heterocycles. The van der Waals surface area contributed by atoms with Crippen LogP contribution in [0.25, 0.3) is 0 Å². The van der Waals surface area contributed by atoms with Crippen LogP contribution in [0.4, 0.5) is 5.69 Å². The summed E-state index contributed by atoms with van der Waals surface area (Å²) in [6.45, 7) is 8.39. The monoisotopic (exact) mass is 377 g/mol. The minimum Gasteiger partial charge on any atom is -0.384 e. The minimum absolute atomic E-state index is 0. The summed E-state index contributed by atoms with van der Waals surface area (Å²) in [6, 6.07) is 6.68. The number of benzene rings is 1. The number of anilines is 1. The molecule has 5 heteroatoms. The molecule has 26 heavy (non-hydrogen) atoms. The van der Waals surface area contributed by atoms with Crippen LogP contribution >= 0.6 is 12.4 Å². The SMILES string of the molecule is CC1CCCN(C(=O)C2CCN(Cc3cccc4c3NCC4)CC2)C1.Cl. The second kappa shape index (κ2) is 8.62. The summed E-state index contributed by atoms with van der Waals surface area (Å²) in [7, 11) is 0. The molecule has 3 aliphatic heterocycles. The fraction of sp³-hybridized carbons (Fsp3) is 0.667. The van der Waals surface area contributed by atoms with Gasteiger partial charge in [-0.3, -0.25) is 9.69 Å². The summed E-state index contributed by atoms with van der Waals surface area (Å²) < 4.78 is 0. The number of nitrogens with one attached hydrogen (secondary N) is 1. The van der Waals surface area contributed by atoms with E-state index >= 15 is 0 Å². The number of fused-ring (bicyclic) bond motifs is 1. The summed E-state index contributed by atoms with van der Waals surface area (Å²) in [6.07, 6.45) is 5.64. The van der Waals surface area contributed by atoms with Crippen LogP contribution in [0.1, 0.15) is 43.7 Å². The van der Waals surface area contributed by atoms with Gasteiger partial charge in [0, 0.05) is 37.8 Å². The second-order valence-electron chi connectivity index (χ2n) is 8.21. The molecule has 0 aliphatic carbocycles. The van der Waals surface area contributed by atoms with E-state index in [1.807, 2.05) is 0 Å². The molecular weight excluding hydrogens is 346 g/mol. The fourth-order valence-corrected chi connectivity index (χ4v) is 4.77. The predicted octanol–water partition coefficient (Wildman–Crippen LogP) is 3.55. The number of hydrogen-bond acceptors (Lipinski definition) is 3. The van der Waals surface area contributed by atoms with Crippen molar-refractivity contribution in [2.24, 2.45) is 11.8 Å². The van der Waals surface area contributed by atoms with Crippen molar-refractivity contribution in [1.82, 2.24) is 9.80 Å². The molecule has 0 bridgehead atoms. The first-order valence-electron chi connectivity index (χ1n) is 10.1. The van der Waals surface area contributed by atoms with E-state index in [0.717, 1.165) is 58.5 Å². The number of piperidine rings is 2. The van der Waals surface area contributed by atoms with Gasteiger partial charge in [0.15, 0.2) is 0 Å². The highest BCUT2D eigenvalue weighted by Gasteiger charge is 2.30. The van der Waals surface area contributed by atoms with Crippen molar-refractivity contribution >= 4 is 24.0 Å². The van der Waals surface area contributed by atoms with Crippen LogP contribution in [0.2, 0.25) is 0 Å². The molecule has 1 unspecified atom stereocenters. The molecule has 3 aliphatic rings. The summed E-state index contributed by atoms with van der Waals surface area (Å²) in [5, 5.41) is 3.54. The van der Waals surface area contributed by atoms with Crippen molar-refractivity contribution in [3.63, 3.8) is 0 Å². The van der Waals surface area contributed by atoms with Crippen molar-refractivity contribution in [1.29, 1.82) is 0 Å². The maximum atomic E-state index is 12.8. The number of para-hydroxylation sites is 1. The van der Waals surface area contributed by atoms with Gasteiger partial charge in [-0.2, -0.15) is 0 Å². The van der Waals surface area contributed by atoms with Gasteiger partial charge in [-0.15, -0.1) is 12.4 Å². The Hall–Kier alpha value is -1.26. The van der Waals surface area contributed by atoms with Gasteiger partial charge >= 0.3 is 0 Å². The lowest BCUT2D eigenvalue weighted by molar-refractivity contribution is -0.138. The Kier molecular flexibility index (Phi) is 6.46. The van der Waals surface area contributed by atoms with Gasteiger partial charge in [0.2, 0.25) is 5.91 Å². The largest absolute Gasteiger partial charge is 0.384 e. The Morgan fingerprint density at radius 3 is 2.77 bits per heavy atom. The average Bonchev–Trinajstić information content (AvgIpc) is 3.12. The van der Waals surface area contributed by atoms with Crippen molar-refractivity contribution in [2.45, 2.75) is 45.6 Å². The number of hydrogen-bond donors (Lipinski definition) is 1. The highest BCUT2D eigenvalue weighted by atomic mass is 35.5. The zero-order valence-electron chi connectivity index (χ0n) is 15.9. The van der Waals surface area contributed by atoms with Gasteiger partial charge < -0.3 is 10.2 Å². The van der Waals surface area contributed by atoms with E-state index in [4.69, 9.17) is 0 Å². The van der Waals surface area contributed by atoms with Crippen LogP contribution in [0.5, 0.6) is 0 Å². The molecule has 0 spiro atoms. The first kappa shape index (κ1) is 19.5. The van der Waals surface area contributed by atoms with Gasteiger partial charge in [-0.1, -0.05) is 25.1 Å². The normalized spacial score (nSPS) is 23.9. The van der Waals surface area contributed by atoms with Crippen LogP contribution < -0.4 is 5.32 Å². The third-order valence-electron chi connectivity index (χ3n) is 6.23. The quantitative estimate of drug-likeness (QED) is 0.874. The molecule has 0 saturated carbocycles. The molecule has 1 atom stereocenters. The molecule has 4 nitrogen and oxygen atoms in total. The molecule has 1 aromatic rings. The van der Waals surface area contributed by atoms with Crippen molar-refractivity contribution < 1.29 is 4.79 Å². The molecular formula is C21H32ClN3O. The minimum atomic E-state index is 0. The number of halogens is 1. The zero-order chi connectivity index (χ0) is 17.2. The topological polar surface area (TPSA) is 35.6 Å². The maximum Gasteiger partial charge on any atom is 0.225 e. The highest BCUT2D eigenvalue weighted by Crippen LogP contribution is 2.29. The molecule has 4 rings (SSSR count). The van der Waals surface area contributed by atoms with Crippen molar-refractivity contribution in [3.05, 3.63) is 29.3 Å². The standard InChI is InChI=1S/C21H31N3O.ClH/c1-16-4-3-11-24(14-16)21(25)18-8-12-23(13-9-18)15-19-6-2-5-17-7-10-22-20(17)19;/h2,5-6,16,18,22H,3-4,7-15H2,1H3;1H. The smallest absolute Gasteiger partial charge is 0.225 e. The van der Waals surface area contributed by atoms with E-state index in [2.05, 4.69) is 40.2 Å². The molecule has 1 N–H and O–H groups in total. The third kappa shape index (κ3) is 4.17. The number of carbonyl (C=O) groups is 1. The Balaban J connectivity index is 0.00000196. The van der Waals surface area contributed by atoms with E-state index in [-0.39, 0.29) is 18.3 Å². The third-order valence-corrected chi connectivity index (χ3v) is 6.23. The van der Waals surface area contributed by atoms with Crippen LogP contribution in [-0.4, -0.2) is 48.4 Å². The van der Waals surface area contributed by atoms with E-state index < -0.39 is 0 Å². The molecule has 3 heterocycles. The van der Waals surface area contributed by atoms with Gasteiger partial charge in [0.1, 0.15) is 0 Å². The average molecular weight is 378 g/mol. The molecule has 0 aromatic heterocycles. The van der Waals surface area contributed by atoms with E-state index in [1.54, 1.807) is 0 Å². The summed E-state index contributed by atoms with van der Waals surface area (Å²) >= 11 is 0. The van der Waals surface area contributed by atoms with E-state index in [0.29, 0.717) is 11.8 Å². The van der Waals surface area contributed by atoms with Crippen LogP contribution in [0, 0.1) is 11.8 Å². The predicted molar refractivity (Wildman–Crippen MR) is 109 cm³/mol. The van der Waals surface area contributed by atoms with Gasteiger partial charge in [-0.25, -0.2) is 0 Å². The fourth-order valence-electron chi connectivity index (χ4n) is 4.77. The van der Waals surface area contributed by atoms with Gasteiger partial charge in [0.05, 0.1) is 0 Å². The number of likely N-dealkylation sites (tertiary alicyclic amines) is 2. The molecule has 0 radical (unpaired) electrons. The summed E-state index contributed by atoms with van der Waals surface area (Å²) in [5.41, 5.74) is 4.24. The van der Waals surface area contributed by atoms with E-state index in [9.17, 15) is 4.79 Å². The van der Waals surface area contributed by atoms with E-state index in [1.165, 1.54) is 29.7 Å². The number of rotatable bonds is 3. The van der Waals surface area contributed by atoms with Crippen LogP contribution in [-0.2, 0) is 17.8 Å². The Bertz CT molecular complexity index is 628. The molecule has 2 fully saturated rings. The summed E-state index contributed by atoms with van der Waals surface area (Å²) in [4.78, 5) is 17.5. The molecule has 1 aromatic carbocycles. The lowest BCUT2D eigenvalue weighted by Crippen LogP contribution is -2.45. The van der Waals surface area contributed by atoms with Gasteiger partial charge in [-0.05, 0) is 62.2 Å². The number of carbonyl (C=O) groups excluding carboxylic acids is 1. The first-order chi connectivity index (χ1) is 12.2. The lowest BCUT2D eigenvalue weighted by atomic mass is 9.92. The zero-order valence-corrected chi connectivity index (χ0v) is 16.7. The summed E-state index contributed by atoms with van der Waals surface area (Å²) in [5.74, 6) is 1.35. The molecule has 144 valence electrons. The number of amides is 1. The highest BCUT2D eigenvalue weighted by molar-refractivity contribution is 5.85. The van der Waals surface area contributed by atoms with Crippen LogP contribution in [0.15, 0.2) is 18.2 Å². The van der Waals surface area contributed by atoms with Gasteiger partial charge in [0.25, 0.3) is 0 Å². The Morgan fingerprint density at radius 1 is 1.19 bits per heavy atom. The Morgan fingerprint density at radius 2 is 2.00 bits per heavy atom. The van der Waals surface area contributed by atoms with Crippen LogP contribution in [0.3, 0.4) is 0 Å². The van der Waals surface area contributed by atoms with Crippen molar-refractivity contribution in [2.75, 3.05) is 38.0 Å². The lowest BCUT2D eigenvalue weighted by Gasteiger charge is -2.37. The first-order valence-corrected chi connectivity index (χ1v) is 10.1. The number of nitrogens with zero attached hydrogens (tertiary/aromatic N) is 2. The maximum absolute atomic E-state index is 12.8. The van der Waals surface area contributed by atoms with Crippen molar-refractivity contribution in [3.8, 4) is 0 Å². The Labute approximate surface area is 163 Å². The molecule has 1 amide bonds.